The number of nitriles is 1. The van der Waals surface area contributed by atoms with Crippen molar-refractivity contribution in [3.63, 3.8) is 0 Å². The summed E-state index contributed by atoms with van der Waals surface area (Å²) >= 11 is 1.16. The van der Waals surface area contributed by atoms with Crippen molar-refractivity contribution >= 4 is 29.3 Å². The fourth-order valence-electron chi connectivity index (χ4n) is 3.70. The minimum Gasteiger partial charge on any atom is -0.468 e. The number of nitrogens with one attached hydrogen (secondary N) is 2. The largest absolute Gasteiger partial charge is 0.468 e. The van der Waals surface area contributed by atoms with Crippen molar-refractivity contribution in [3.05, 3.63) is 112 Å². The molecule has 8 heteroatoms. The maximum absolute atomic E-state index is 13.3. The van der Waals surface area contributed by atoms with Crippen LogP contribution in [0.3, 0.4) is 0 Å². The van der Waals surface area contributed by atoms with Crippen LogP contribution >= 0.6 is 11.8 Å². The highest BCUT2D eigenvalue weighted by Gasteiger charge is 2.36. The Balaban J connectivity index is 1.53. The number of carbonyl (C=O) groups is 2. The molecule has 4 rings (SSSR count). The van der Waals surface area contributed by atoms with Crippen molar-refractivity contribution in [1.82, 2.24) is 5.32 Å². The molecule has 1 aromatic heterocycles. The summed E-state index contributed by atoms with van der Waals surface area (Å²) in [4.78, 5) is 25.6. The molecule has 0 spiro atoms. The number of furan rings is 1. The number of dihydropyridines is 1. The number of hydrogen-bond acceptors (Lipinski definition) is 7. The number of carbonyl (C=O) groups excluding carboxylic acids is 2. The second-order valence-electron chi connectivity index (χ2n) is 7.72. The van der Waals surface area contributed by atoms with E-state index in [4.69, 9.17) is 9.15 Å². The molecule has 7 nitrogen and oxygen atoms in total. The Morgan fingerprint density at radius 1 is 1.09 bits per heavy atom. The van der Waals surface area contributed by atoms with Gasteiger partial charge in [-0.05, 0) is 36.8 Å². The molecule has 35 heavy (non-hydrogen) atoms. The fourth-order valence-corrected chi connectivity index (χ4v) is 4.59. The van der Waals surface area contributed by atoms with E-state index in [1.165, 1.54) is 6.26 Å². The number of hydrogen-bond donors (Lipinski definition) is 2. The van der Waals surface area contributed by atoms with Crippen molar-refractivity contribution < 1.29 is 18.7 Å². The standard InChI is InChI=1S/C27H23N3O4S/c1-18-24(26(32)30-20-11-6-3-7-12-20)25(22-13-8-14-33-22)21(15-28)27(29-18)35-17-23(31)34-16-19-9-4-2-5-10-19/h2-14,25,29H,16-17H2,1H3,(H,30,32). The first kappa shape index (κ1) is 23.9. The van der Waals surface area contributed by atoms with Gasteiger partial charge in [-0.2, -0.15) is 5.26 Å². The van der Waals surface area contributed by atoms with E-state index < -0.39 is 11.9 Å². The van der Waals surface area contributed by atoms with Gasteiger partial charge in [0.25, 0.3) is 5.91 Å². The Hall–Kier alpha value is -4.22. The van der Waals surface area contributed by atoms with Crippen LogP contribution in [0.4, 0.5) is 5.69 Å². The van der Waals surface area contributed by atoms with Crippen LogP contribution in [0.2, 0.25) is 0 Å². The van der Waals surface area contributed by atoms with E-state index in [0.717, 1.165) is 17.3 Å². The van der Waals surface area contributed by atoms with Gasteiger partial charge in [0.05, 0.1) is 40.2 Å². The van der Waals surface area contributed by atoms with Crippen LogP contribution in [0.5, 0.6) is 0 Å². The summed E-state index contributed by atoms with van der Waals surface area (Å²) in [6, 6.07) is 24.1. The number of amides is 1. The van der Waals surface area contributed by atoms with Crippen LogP contribution in [-0.4, -0.2) is 17.6 Å². The average Bonchev–Trinajstić information content (AvgIpc) is 3.41. The lowest BCUT2D eigenvalue weighted by molar-refractivity contribution is -0.141. The summed E-state index contributed by atoms with van der Waals surface area (Å²) in [6.07, 6.45) is 1.50. The quantitative estimate of drug-likeness (QED) is 0.428. The van der Waals surface area contributed by atoms with Gasteiger partial charge in [-0.15, -0.1) is 0 Å². The van der Waals surface area contributed by atoms with E-state index in [1.807, 2.05) is 48.5 Å². The van der Waals surface area contributed by atoms with Gasteiger partial charge in [0, 0.05) is 11.4 Å². The molecule has 1 aliphatic rings. The minimum atomic E-state index is -0.720. The first-order chi connectivity index (χ1) is 17.1. The second-order valence-corrected chi connectivity index (χ2v) is 8.71. The van der Waals surface area contributed by atoms with Crippen LogP contribution in [0.15, 0.2) is 105 Å². The van der Waals surface area contributed by atoms with Gasteiger partial charge in [-0.3, -0.25) is 9.59 Å². The van der Waals surface area contributed by atoms with Crippen molar-refractivity contribution in [1.29, 1.82) is 5.26 Å². The van der Waals surface area contributed by atoms with Gasteiger partial charge in [0.15, 0.2) is 0 Å². The highest BCUT2D eigenvalue weighted by molar-refractivity contribution is 8.03. The highest BCUT2D eigenvalue weighted by Crippen LogP contribution is 2.41. The average molecular weight is 486 g/mol. The van der Waals surface area contributed by atoms with Crippen LogP contribution in [0.25, 0.3) is 0 Å². The lowest BCUT2D eigenvalue weighted by Gasteiger charge is -2.28. The molecule has 1 atom stereocenters. The molecule has 0 saturated carbocycles. The number of ether oxygens (including phenoxy) is 1. The van der Waals surface area contributed by atoms with Crippen molar-refractivity contribution in [2.45, 2.75) is 19.4 Å². The summed E-state index contributed by atoms with van der Waals surface area (Å²) < 4.78 is 11.0. The Bertz CT molecular complexity index is 1290. The molecule has 2 N–H and O–H groups in total. The molecular weight excluding hydrogens is 462 g/mol. The molecule has 2 heterocycles. The predicted molar refractivity (Wildman–Crippen MR) is 134 cm³/mol. The zero-order valence-electron chi connectivity index (χ0n) is 19.0. The lowest BCUT2D eigenvalue weighted by Crippen LogP contribution is -2.30. The SMILES string of the molecule is CC1=C(C(=O)Nc2ccccc2)C(c2ccco2)C(C#N)=C(SCC(=O)OCc2ccccc2)N1. The van der Waals surface area contributed by atoms with E-state index in [2.05, 4.69) is 16.7 Å². The number of para-hydroxylation sites is 1. The zero-order chi connectivity index (χ0) is 24.6. The van der Waals surface area contributed by atoms with E-state index in [-0.39, 0.29) is 18.3 Å². The molecule has 176 valence electrons. The molecule has 0 aliphatic carbocycles. The van der Waals surface area contributed by atoms with Crippen molar-refractivity contribution in [3.8, 4) is 6.07 Å². The number of rotatable bonds is 8. The molecule has 0 bridgehead atoms. The molecule has 0 saturated heterocycles. The first-order valence-corrected chi connectivity index (χ1v) is 11.9. The summed E-state index contributed by atoms with van der Waals surface area (Å²) in [5.74, 6) is -1.01. The number of benzene rings is 2. The predicted octanol–water partition coefficient (Wildman–Crippen LogP) is 5.09. The van der Waals surface area contributed by atoms with E-state index >= 15 is 0 Å². The van der Waals surface area contributed by atoms with Crippen LogP contribution < -0.4 is 10.6 Å². The van der Waals surface area contributed by atoms with Crippen molar-refractivity contribution in [2.75, 3.05) is 11.1 Å². The molecule has 2 aromatic carbocycles. The number of thioether (sulfide) groups is 1. The minimum absolute atomic E-state index is 0.00401. The van der Waals surface area contributed by atoms with Gasteiger partial charge in [0.1, 0.15) is 12.4 Å². The molecule has 0 radical (unpaired) electrons. The van der Waals surface area contributed by atoms with Crippen LogP contribution in [-0.2, 0) is 20.9 Å². The molecule has 1 amide bonds. The second kappa shape index (κ2) is 11.3. The van der Waals surface area contributed by atoms with Crippen molar-refractivity contribution in [2.24, 2.45) is 0 Å². The summed E-state index contributed by atoms with van der Waals surface area (Å²) in [7, 11) is 0. The van der Waals surface area contributed by atoms with Gasteiger partial charge in [-0.25, -0.2) is 0 Å². The smallest absolute Gasteiger partial charge is 0.316 e. The number of esters is 1. The fraction of sp³-hybridized carbons (Fsp3) is 0.148. The van der Waals surface area contributed by atoms with Gasteiger partial charge < -0.3 is 19.8 Å². The maximum atomic E-state index is 13.3. The van der Waals surface area contributed by atoms with Crippen LogP contribution in [0, 0.1) is 11.3 Å². The summed E-state index contributed by atoms with van der Waals surface area (Å²) in [5, 5.41) is 16.6. The molecule has 0 fully saturated rings. The van der Waals surface area contributed by atoms with Gasteiger partial charge in [-0.1, -0.05) is 60.3 Å². The van der Waals surface area contributed by atoms with E-state index in [1.54, 1.807) is 31.2 Å². The monoisotopic (exact) mass is 485 g/mol. The normalized spacial score (nSPS) is 15.3. The van der Waals surface area contributed by atoms with E-state index in [0.29, 0.717) is 33.3 Å². The molecular formula is C27H23N3O4S. The molecule has 1 aliphatic heterocycles. The van der Waals surface area contributed by atoms with Gasteiger partial charge in [0.2, 0.25) is 0 Å². The summed E-state index contributed by atoms with van der Waals surface area (Å²) in [6.45, 7) is 1.94. The van der Waals surface area contributed by atoms with Crippen LogP contribution in [0.1, 0.15) is 24.2 Å². The first-order valence-electron chi connectivity index (χ1n) is 10.9. The third-order valence-electron chi connectivity index (χ3n) is 5.33. The molecule has 1 unspecified atom stereocenters. The number of allylic oxidation sites excluding steroid dienone is 2. The Morgan fingerprint density at radius 3 is 2.46 bits per heavy atom. The Labute approximate surface area is 207 Å². The third-order valence-corrected chi connectivity index (χ3v) is 6.32. The van der Waals surface area contributed by atoms with Gasteiger partial charge >= 0.3 is 5.97 Å². The number of anilines is 1. The Morgan fingerprint density at radius 2 is 1.80 bits per heavy atom. The Kier molecular flexibility index (Phi) is 7.70. The number of nitrogens with zero attached hydrogens (tertiary/aromatic N) is 1. The lowest BCUT2D eigenvalue weighted by atomic mass is 9.85. The third kappa shape index (κ3) is 5.83. The summed E-state index contributed by atoms with van der Waals surface area (Å²) in [5.41, 5.74) is 2.77. The maximum Gasteiger partial charge on any atom is 0.316 e. The highest BCUT2D eigenvalue weighted by atomic mass is 32.2. The topological polar surface area (TPSA) is 104 Å². The van der Waals surface area contributed by atoms with E-state index in [9.17, 15) is 14.9 Å². The zero-order valence-corrected chi connectivity index (χ0v) is 19.8. The molecule has 3 aromatic rings.